The molecule has 0 saturated heterocycles. The van der Waals surface area contributed by atoms with Crippen LogP contribution in [0, 0.1) is 0 Å². The highest BCUT2D eigenvalue weighted by atomic mass is 35.5. The normalized spacial score (nSPS) is 15.4. The van der Waals surface area contributed by atoms with E-state index in [0.29, 0.717) is 13.0 Å². The second-order valence-corrected chi connectivity index (χ2v) is 7.05. The number of carbonyl (C=O) groups excluding carboxylic acids is 1. The van der Waals surface area contributed by atoms with Gasteiger partial charge in [-0.2, -0.15) is 0 Å². The van der Waals surface area contributed by atoms with Gasteiger partial charge in [-0.05, 0) is 36.1 Å². The minimum absolute atomic E-state index is 0.0679. The SMILES string of the molecule is O=C(Cc1ccccc1)NCC1(c2c[nH]c3cc(Cl)ccc23)CC1. The van der Waals surface area contributed by atoms with Crippen LogP contribution in [0.15, 0.2) is 54.7 Å². The predicted molar refractivity (Wildman–Crippen MR) is 97.4 cm³/mol. The molecule has 1 aliphatic carbocycles. The first-order chi connectivity index (χ1) is 11.7. The molecule has 0 unspecified atom stereocenters. The number of hydrogen-bond acceptors (Lipinski definition) is 1. The molecule has 4 heteroatoms. The molecule has 0 atom stereocenters. The van der Waals surface area contributed by atoms with Gasteiger partial charge in [0.25, 0.3) is 0 Å². The van der Waals surface area contributed by atoms with Crippen LogP contribution >= 0.6 is 11.6 Å². The highest BCUT2D eigenvalue weighted by Gasteiger charge is 2.45. The van der Waals surface area contributed by atoms with Gasteiger partial charge in [-0.15, -0.1) is 0 Å². The van der Waals surface area contributed by atoms with Gasteiger partial charge < -0.3 is 10.3 Å². The Balaban J connectivity index is 1.46. The summed E-state index contributed by atoms with van der Waals surface area (Å²) in [4.78, 5) is 15.5. The molecule has 1 amide bonds. The lowest BCUT2D eigenvalue weighted by atomic mass is 9.95. The van der Waals surface area contributed by atoms with Gasteiger partial charge >= 0.3 is 0 Å². The summed E-state index contributed by atoms with van der Waals surface area (Å²) in [5, 5.41) is 5.06. The van der Waals surface area contributed by atoms with Crippen LogP contribution in [-0.2, 0) is 16.6 Å². The molecule has 1 fully saturated rings. The number of aromatic amines is 1. The van der Waals surface area contributed by atoms with Crippen molar-refractivity contribution in [3.8, 4) is 0 Å². The van der Waals surface area contributed by atoms with E-state index in [1.165, 1.54) is 10.9 Å². The summed E-state index contributed by atoms with van der Waals surface area (Å²) in [6, 6.07) is 15.8. The van der Waals surface area contributed by atoms with Crippen molar-refractivity contribution < 1.29 is 4.79 Å². The van der Waals surface area contributed by atoms with E-state index in [1.807, 2.05) is 42.5 Å². The largest absolute Gasteiger partial charge is 0.361 e. The van der Waals surface area contributed by atoms with Crippen LogP contribution in [0.5, 0.6) is 0 Å². The molecule has 0 spiro atoms. The first-order valence-electron chi connectivity index (χ1n) is 8.24. The zero-order valence-corrected chi connectivity index (χ0v) is 14.1. The summed E-state index contributed by atoms with van der Waals surface area (Å²) < 4.78 is 0. The van der Waals surface area contributed by atoms with Crippen molar-refractivity contribution in [2.24, 2.45) is 0 Å². The zero-order valence-electron chi connectivity index (χ0n) is 13.3. The Morgan fingerprint density at radius 2 is 1.96 bits per heavy atom. The van der Waals surface area contributed by atoms with Gasteiger partial charge in [0.2, 0.25) is 5.91 Å². The monoisotopic (exact) mass is 338 g/mol. The fourth-order valence-corrected chi connectivity index (χ4v) is 3.51. The molecule has 122 valence electrons. The summed E-state index contributed by atoms with van der Waals surface area (Å²) in [6.07, 6.45) is 4.71. The second-order valence-electron chi connectivity index (χ2n) is 6.61. The maximum Gasteiger partial charge on any atom is 0.224 e. The maximum absolute atomic E-state index is 12.2. The number of benzene rings is 2. The van der Waals surface area contributed by atoms with E-state index in [1.54, 1.807) is 0 Å². The van der Waals surface area contributed by atoms with E-state index >= 15 is 0 Å². The van der Waals surface area contributed by atoms with Crippen molar-refractivity contribution in [2.75, 3.05) is 6.54 Å². The fourth-order valence-electron chi connectivity index (χ4n) is 3.34. The van der Waals surface area contributed by atoms with E-state index in [4.69, 9.17) is 11.6 Å². The van der Waals surface area contributed by atoms with E-state index in [-0.39, 0.29) is 11.3 Å². The number of fused-ring (bicyclic) bond motifs is 1. The molecular weight excluding hydrogens is 320 g/mol. The molecule has 2 N–H and O–H groups in total. The molecule has 3 aromatic rings. The number of hydrogen-bond donors (Lipinski definition) is 2. The van der Waals surface area contributed by atoms with Gasteiger partial charge in [0.05, 0.1) is 6.42 Å². The number of carbonyl (C=O) groups is 1. The standard InChI is InChI=1S/C20H19ClN2O/c21-15-6-7-16-17(12-22-18(16)11-15)20(8-9-20)13-23-19(24)10-14-4-2-1-3-5-14/h1-7,11-12,22H,8-10,13H2,(H,23,24). The Bertz CT molecular complexity index is 881. The highest BCUT2D eigenvalue weighted by molar-refractivity contribution is 6.31. The number of aromatic nitrogens is 1. The van der Waals surface area contributed by atoms with Crippen LogP contribution in [0.4, 0.5) is 0 Å². The van der Waals surface area contributed by atoms with Crippen molar-refractivity contribution in [2.45, 2.75) is 24.7 Å². The third-order valence-corrected chi connectivity index (χ3v) is 5.14. The molecule has 1 aliphatic rings. The second kappa shape index (κ2) is 5.99. The van der Waals surface area contributed by atoms with E-state index in [0.717, 1.165) is 28.9 Å². The smallest absolute Gasteiger partial charge is 0.224 e. The Hall–Kier alpha value is -2.26. The van der Waals surface area contributed by atoms with Crippen molar-refractivity contribution in [1.29, 1.82) is 0 Å². The minimum atomic E-state index is 0.0679. The maximum atomic E-state index is 12.2. The molecule has 3 nitrogen and oxygen atoms in total. The molecule has 0 bridgehead atoms. The molecule has 4 rings (SSSR count). The van der Waals surface area contributed by atoms with Crippen LogP contribution in [0.2, 0.25) is 5.02 Å². The van der Waals surface area contributed by atoms with Crippen LogP contribution in [0.3, 0.4) is 0 Å². The van der Waals surface area contributed by atoms with Crippen LogP contribution in [0.1, 0.15) is 24.0 Å². The third kappa shape index (κ3) is 2.92. The summed E-state index contributed by atoms with van der Waals surface area (Å²) in [7, 11) is 0. The lowest BCUT2D eigenvalue weighted by molar-refractivity contribution is -0.120. The molecule has 1 saturated carbocycles. The first kappa shape index (κ1) is 15.3. The van der Waals surface area contributed by atoms with Gasteiger partial charge in [0, 0.05) is 34.1 Å². The van der Waals surface area contributed by atoms with Crippen LogP contribution < -0.4 is 5.32 Å². The lowest BCUT2D eigenvalue weighted by Gasteiger charge is -2.16. The third-order valence-electron chi connectivity index (χ3n) is 4.90. The molecule has 2 aromatic carbocycles. The Kier molecular flexibility index (Phi) is 3.81. The van der Waals surface area contributed by atoms with E-state index < -0.39 is 0 Å². The molecular formula is C20H19ClN2O. The topological polar surface area (TPSA) is 44.9 Å². The minimum Gasteiger partial charge on any atom is -0.361 e. The number of amides is 1. The Labute approximate surface area is 146 Å². The molecule has 1 aromatic heterocycles. The number of H-pyrrole nitrogens is 1. The van der Waals surface area contributed by atoms with Gasteiger partial charge in [0.1, 0.15) is 0 Å². The van der Waals surface area contributed by atoms with Crippen molar-refractivity contribution in [3.63, 3.8) is 0 Å². The average molecular weight is 339 g/mol. The summed E-state index contributed by atoms with van der Waals surface area (Å²) >= 11 is 6.06. The van der Waals surface area contributed by atoms with Crippen molar-refractivity contribution in [1.82, 2.24) is 10.3 Å². The molecule has 0 aliphatic heterocycles. The molecule has 0 radical (unpaired) electrons. The van der Waals surface area contributed by atoms with E-state index in [9.17, 15) is 4.79 Å². The first-order valence-corrected chi connectivity index (χ1v) is 8.62. The fraction of sp³-hybridized carbons (Fsp3) is 0.250. The van der Waals surface area contributed by atoms with Crippen LogP contribution in [0.25, 0.3) is 10.9 Å². The number of nitrogens with one attached hydrogen (secondary N) is 2. The number of halogens is 1. The van der Waals surface area contributed by atoms with Crippen molar-refractivity contribution >= 4 is 28.4 Å². The molecule has 1 heterocycles. The van der Waals surface area contributed by atoms with Gasteiger partial charge in [-0.25, -0.2) is 0 Å². The predicted octanol–water partition coefficient (Wildman–Crippen LogP) is 4.21. The summed E-state index contributed by atoms with van der Waals surface area (Å²) in [5.74, 6) is 0.0790. The van der Waals surface area contributed by atoms with Crippen LogP contribution in [-0.4, -0.2) is 17.4 Å². The highest BCUT2D eigenvalue weighted by Crippen LogP contribution is 2.50. The van der Waals surface area contributed by atoms with Gasteiger partial charge in [-0.3, -0.25) is 4.79 Å². The van der Waals surface area contributed by atoms with E-state index in [2.05, 4.69) is 22.6 Å². The quantitative estimate of drug-likeness (QED) is 0.719. The Morgan fingerprint density at radius 1 is 1.17 bits per heavy atom. The van der Waals surface area contributed by atoms with Gasteiger partial charge in [-0.1, -0.05) is 48.0 Å². The average Bonchev–Trinajstić information content (AvgIpc) is 3.26. The zero-order chi connectivity index (χ0) is 16.6. The lowest BCUT2D eigenvalue weighted by Crippen LogP contribution is -2.33. The Morgan fingerprint density at radius 3 is 2.71 bits per heavy atom. The summed E-state index contributed by atoms with van der Waals surface area (Å²) in [6.45, 7) is 0.689. The van der Waals surface area contributed by atoms with Gasteiger partial charge in [0.15, 0.2) is 0 Å². The number of rotatable bonds is 5. The molecule has 24 heavy (non-hydrogen) atoms. The summed E-state index contributed by atoms with van der Waals surface area (Å²) in [5.41, 5.74) is 3.45. The van der Waals surface area contributed by atoms with Crippen molar-refractivity contribution in [3.05, 3.63) is 70.9 Å².